The van der Waals surface area contributed by atoms with E-state index in [1.807, 2.05) is 0 Å². The maximum Gasteiger partial charge on any atom is 0.281 e. The zero-order chi connectivity index (χ0) is 23.6. The van der Waals surface area contributed by atoms with Gasteiger partial charge in [0.05, 0.1) is 5.56 Å². The molecular weight excluding hydrogens is 440 g/mol. The van der Waals surface area contributed by atoms with Crippen LogP contribution >= 0.6 is 0 Å². The number of hydrogen-bond acceptors (Lipinski definition) is 8. The predicted molar refractivity (Wildman–Crippen MR) is 126 cm³/mol. The molecule has 1 atom stereocenters. The van der Waals surface area contributed by atoms with Gasteiger partial charge in [-0.15, -0.1) is 0 Å². The van der Waals surface area contributed by atoms with E-state index in [1.54, 1.807) is 54.9 Å². The van der Waals surface area contributed by atoms with Gasteiger partial charge in [-0.05, 0) is 62.6 Å². The molecule has 3 aromatic heterocycles. The fraction of sp³-hybridized carbons (Fsp3) is 0.304. The fourth-order valence-electron chi connectivity index (χ4n) is 4.18. The molecule has 1 fully saturated rings. The second-order valence-corrected chi connectivity index (χ2v) is 10.4. The van der Waals surface area contributed by atoms with E-state index in [2.05, 4.69) is 50.7 Å². The van der Waals surface area contributed by atoms with E-state index < -0.39 is 15.9 Å². The number of hydrogen-bond donors (Lipinski definition) is 2. The minimum atomic E-state index is -4.22. The van der Waals surface area contributed by atoms with Gasteiger partial charge in [0.15, 0.2) is 5.03 Å². The summed E-state index contributed by atoms with van der Waals surface area (Å²) in [7, 11) is -4.22. The van der Waals surface area contributed by atoms with Crippen LogP contribution in [0, 0.1) is 5.92 Å². The smallest absolute Gasteiger partial charge is 0.281 e. The van der Waals surface area contributed by atoms with Gasteiger partial charge in [-0.2, -0.15) is 8.42 Å². The third-order valence-electron chi connectivity index (χ3n) is 5.51. The lowest BCUT2D eigenvalue weighted by atomic mass is 9.97. The van der Waals surface area contributed by atoms with Crippen molar-refractivity contribution in [2.75, 3.05) is 16.8 Å². The first-order chi connectivity index (χ1) is 15.7. The Morgan fingerprint density at radius 2 is 1.79 bits per heavy atom. The van der Waals surface area contributed by atoms with Crippen molar-refractivity contribution in [3.05, 3.63) is 66.5 Å². The van der Waals surface area contributed by atoms with Gasteiger partial charge >= 0.3 is 0 Å². The first-order valence-electron chi connectivity index (χ1n) is 10.6. The third kappa shape index (κ3) is 4.95. The molecule has 0 aromatic carbocycles. The average Bonchev–Trinajstić information content (AvgIpc) is 3.06. The zero-order valence-corrected chi connectivity index (χ0v) is 19.5. The number of amides is 1. The van der Waals surface area contributed by atoms with Crippen molar-refractivity contribution in [1.29, 1.82) is 0 Å². The highest BCUT2D eigenvalue weighted by Crippen LogP contribution is 2.37. The lowest BCUT2D eigenvalue weighted by molar-refractivity contribution is 0.0981. The lowest BCUT2D eigenvalue weighted by Crippen LogP contribution is -2.41. The number of nitrogens with zero attached hydrogens (tertiary/aromatic N) is 4. The van der Waals surface area contributed by atoms with E-state index in [0.717, 1.165) is 13.0 Å². The van der Waals surface area contributed by atoms with Crippen molar-refractivity contribution < 1.29 is 13.2 Å². The van der Waals surface area contributed by atoms with Crippen molar-refractivity contribution >= 4 is 33.4 Å². The van der Waals surface area contributed by atoms with Gasteiger partial charge < -0.3 is 10.2 Å². The molecule has 1 unspecified atom stereocenters. The Balaban J connectivity index is 1.58. The van der Waals surface area contributed by atoms with Crippen molar-refractivity contribution in [2.24, 2.45) is 5.92 Å². The Labute approximate surface area is 193 Å². The number of anilines is 3. The molecule has 1 aliphatic rings. The SMILES string of the molecule is CC1CN(c2ncccc2C(=O)NS(=O)(=O)c2cccc(Nc3ccccn3)n2)C(C)(C)C1. The van der Waals surface area contributed by atoms with Crippen molar-refractivity contribution in [2.45, 2.75) is 37.8 Å². The molecule has 0 bridgehead atoms. The van der Waals surface area contributed by atoms with Crippen LogP contribution in [0.15, 0.2) is 66.0 Å². The summed E-state index contributed by atoms with van der Waals surface area (Å²) in [4.78, 5) is 27.8. The molecule has 33 heavy (non-hydrogen) atoms. The Morgan fingerprint density at radius 1 is 1.03 bits per heavy atom. The summed E-state index contributed by atoms with van der Waals surface area (Å²) in [5.74, 6) is 0.960. The van der Waals surface area contributed by atoms with Gasteiger partial charge in [0.2, 0.25) is 0 Å². The maximum atomic E-state index is 13.1. The van der Waals surface area contributed by atoms with Crippen molar-refractivity contribution in [1.82, 2.24) is 19.7 Å². The molecule has 0 spiro atoms. The second-order valence-electron chi connectivity index (χ2n) is 8.74. The van der Waals surface area contributed by atoms with Crippen LogP contribution in [0.5, 0.6) is 0 Å². The maximum absolute atomic E-state index is 13.1. The standard InChI is InChI=1S/C23H26N6O3S/c1-16-14-23(2,3)29(15-16)21-17(8-7-13-25-21)22(30)28-33(31,32)20-11-6-10-19(27-20)26-18-9-4-5-12-24-18/h4-13,16H,14-15H2,1-3H3,(H,28,30)(H,24,26,27). The van der Waals surface area contributed by atoms with Gasteiger partial charge in [0, 0.05) is 24.5 Å². The van der Waals surface area contributed by atoms with Crippen LogP contribution in [0.2, 0.25) is 0 Å². The molecule has 3 aromatic rings. The number of carbonyl (C=O) groups is 1. The van der Waals surface area contributed by atoms with Crippen molar-refractivity contribution in [3.8, 4) is 0 Å². The van der Waals surface area contributed by atoms with Crippen LogP contribution in [-0.2, 0) is 10.0 Å². The van der Waals surface area contributed by atoms with Crippen LogP contribution in [0.3, 0.4) is 0 Å². The molecule has 4 heterocycles. The normalized spacial score (nSPS) is 17.5. The lowest BCUT2D eigenvalue weighted by Gasteiger charge is -2.33. The van der Waals surface area contributed by atoms with Gasteiger partial charge in [0.1, 0.15) is 17.5 Å². The van der Waals surface area contributed by atoms with Gasteiger partial charge in [-0.25, -0.2) is 19.7 Å². The highest BCUT2D eigenvalue weighted by molar-refractivity contribution is 7.90. The summed E-state index contributed by atoms with van der Waals surface area (Å²) < 4.78 is 28.1. The zero-order valence-electron chi connectivity index (χ0n) is 18.7. The molecule has 0 aliphatic carbocycles. The third-order valence-corrected chi connectivity index (χ3v) is 6.74. The van der Waals surface area contributed by atoms with E-state index in [-0.39, 0.29) is 16.1 Å². The second kappa shape index (κ2) is 8.78. The Bertz CT molecular complexity index is 1260. The van der Waals surface area contributed by atoms with E-state index >= 15 is 0 Å². The quantitative estimate of drug-likeness (QED) is 0.568. The van der Waals surface area contributed by atoms with E-state index in [9.17, 15) is 13.2 Å². The van der Waals surface area contributed by atoms with Crippen molar-refractivity contribution in [3.63, 3.8) is 0 Å². The topological polar surface area (TPSA) is 117 Å². The molecule has 1 aliphatic heterocycles. The number of sulfonamides is 1. The molecule has 1 saturated heterocycles. The summed E-state index contributed by atoms with van der Waals surface area (Å²) in [6.45, 7) is 7.06. The van der Waals surface area contributed by atoms with Crippen LogP contribution in [-0.4, -0.2) is 41.4 Å². The van der Waals surface area contributed by atoms with Crippen LogP contribution < -0.4 is 14.9 Å². The van der Waals surface area contributed by atoms with Gasteiger partial charge in [-0.1, -0.05) is 19.1 Å². The highest BCUT2D eigenvalue weighted by Gasteiger charge is 2.39. The van der Waals surface area contributed by atoms with E-state index in [0.29, 0.717) is 23.4 Å². The summed E-state index contributed by atoms with van der Waals surface area (Å²) in [5, 5.41) is 2.66. The Kier molecular flexibility index (Phi) is 6.03. The molecule has 10 heteroatoms. The molecule has 172 valence electrons. The minimum Gasteiger partial charge on any atom is -0.351 e. The van der Waals surface area contributed by atoms with Crippen LogP contribution in [0.4, 0.5) is 17.5 Å². The molecule has 0 saturated carbocycles. The first kappa shape index (κ1) is 22.7. The van der Waals surface area contributed by atoms with Gasteiger partial charge in [0.25, 0.3) is 15.9 Å². The average molecular weight is 467 g/mol. The number of aromatic nitrogens is 3. The van der Waals surface area contributed by atoms with E-state index in [1.165, 1.54) is 6.07 Å². The summed E-state index contributed by atoms with van der Waals surface area (Å²) in [5.41, 5.74) is 0.000317. The number of carbonyl (C=O) groups excluding carboxylic acids is 1. The molecule has 2 N–H and O–H groups in total. The van der Waals surface area contributed by atoms with Crippen LogP contribution in [0.25, 0.3) is 0 Å². The number of rotatable bonds is 6. The van der Waals surface area contributed by atoms with Gasteiger partial charge in [-0.3, -0.25) is 4.79 Å². The Morgan fingerprint density at radius 3 is 2.48 bits per heavy atom. The summed E-state index contributed by atoms with van der Waals surface area (Å²) in [6, 6.07) is 13.0. The molecular formula is C23H26N6O3S. The largest absolute Gasteiger partial charge is 0.351 e. The predicted octanol–water partition coefficient (Wildman–Crippen LogP) is 3.36. The minimum absolute atomic E-state index is 0.200. The van der Waals surface area contributed by atoms with Crippen LogP contribution in [0.1, 0.15) is 37.6 Å². The molecule has 9 nitrogen and oxygen atoms in total. The Hall–Kier alpha value is -3.53. The molecule has 1 amide bonds. The molecule has 0 radical (unpaired) electrons. The van der Waals surface area contributed by atoms with E-state index in [4.69, 9.17) is 0 Å². The monoisotopic (exact) mass is 466 g/mol. The highest BCUT2D eigenvalue weighted by atomic mass is 32.2. The summed E-state index contributed by atoms with van der Waals surface area (Å²) in [6.07, 6.45) is 4.16. The molecule has 4 rings (SSSR count). The summed E-state index contributed by atoms with van der Waals surface area (Å²) >= 11 is 0. The number of pyridine rings is 3. The first-order valence-corrected chi connectivity index (χ1v) is 12.1. The number of nitrogens with one attached hydrogen (secondary N) is 2. The fourth-order valence-corrected chi connectivity index (χ4v) is 5.11.